The molecule has 3 rings (SSSR count). The Morgan fingerprint density at radius 3 is 2.44 bits per heavy atom. The van der Waals surface area contributed by atoms with Gasteiger partial charge in [0.05, 0.1) is 11.1 Å². The van der Waals surface area contributed by atoms with Crippen LogP contribution in [0.4, 0.5) is 11.5 Å². The molecular formula is C20H18N6O6. The number of nitro benzene ring substituents is 1. The average molecular weight is 438 g/mol. The first-order valence-electron chi connectivity index (χ1n) is 9.32. The van der Waals surface area contributed by atoms with Crippen molar-refractivity contribution >= 4 is 23.6 Å². The largest absolute Gasteiger partial charge is 0.489 e. The number of hydrazone groups is 1. The number of ether oxygens (including phenoxy) is 1. The quantitative estimate of drug-likeness (QED) is 0.306. The first-order valence-corrected chi connectivity index (χ1v) is 9.32. The average Bonchev–Trinajstić information content (AvgIpc) is 3.15. The van der Waals surface area contributed by atoms with Gasteiger partial charge in [0.15, 0.2) is 5.82 Å². The van der Waals surface area contributed by atoms with Crippen molar-refractivity contribution in [2.45, 2.75) is 13.5 Å². The van der Waals surface area contributed by atoms with Crippen LogP contribution in [0.5, 0.6) is 5.75 Å². The normalized spacial score (nSPS) is 10.8. The summed E-state index contributed by atoms with van der Waals surface area (Å²) in [6.45, 7) is 2.18. The van der Waals surface area contributed by atoms with E-state index in [1.54, 1.807) is 31.2 Å². The molecule has 0 aliphatic heterocycles. The van der Waals surface area contributed by atoms with Gasteiger partial charge < -0.3 is 14.9 Å². The van der Waals surface area contributed by atoms with Gasteiger partial charge in [-0.1, -0.05) is 0 Å². The Hall–Kier alpha value is -4.61. The molecule has 2 aromatic carbocycles. The molecule has 1 heterocycles. The van der Waals surface area contributed by atoms with Crippen molar-refractivity contribution in [3.8, 4) is 5.75 Å². The van der Waals surface area contributed by atoms with E-state index < -0.39 is 15.8 Å². The Kier molecular flexibility index (Phi) is 6.85. The number of carbonyl (C=O) groups is 1. The van der Waals surface area contributed by atoms with Gasteiger partial charge in [-0.2, -0.15) is 5.10 Å². The van der Waals surface area contributed by atoms with E-state index in [0.717, 1.165) is 0 Å². The minimum Gasteiger partial charge on any atom is -0.489 e. The summed E-state index contributed by atoms with van der Waals surface area (Å²) in [7, 11) is 0. The number of hydrogen-bond acceptors (Lipinski definition) is 8. The molecule has 0 radical (unpaired) electrons. The molecule has 1 aromatic heterocycles. The number of carbonyl (C=O) groups excluding carboxylic acids is 1. The Bertz CT molecular complexity index is 1150. The third-order valence-corrected chi connectivity index (χ3v) is 4.40. The Balaban J connectivity index is 1.49. The number of rotatable bonds is 9. The van der Waals surface area contributed by atoms with Crippen molar-refractivity contribution in [1.29, 1.82) is 0 Å². The maximum atomic E-state index is 12.0. The molecule has 0 saturated heterocycles. The SMILES string of the molecule is Cc1ncc([N+](=O)[O-])n1CCOc1ccc(/C=N/NC(=O)c2ccc([N+](=O)[O-])cc2)cc1. The van der Waals surface area contributed by atoms with Crippen LogP contribution in [-0.2, 0) is 6.54 Å². The number of nitrogens with zero attached hydrogens (tertiary/aromatic N) is 5. The number of hydrogen-bond donors (Lipinski definition) is 1. The lowest BCUT2D eigenvalue weighted by Gasteiger charge is -2.06. The molecule has 0 unspecified atom stereocenters. The Morgan fingerprint density at radius 2 is 1.81 bits per heavy atom. The van der Waals surface area contributed by atoms with Crippen molar-refractivity contribution in [3.63, 3.8) is 0 Å². The van der Waals surface area contributed by atoms with E-state index in [4.69, 9.17) is 4.74 Å². The van der Waals surface area contributed by atoms with Gasteiger partial charge in [0.2, 0.25) is 0 Å². The smallest absolute Gasteiger partial charge is 0.342 e. The van der Waals surface area contributed by atoms with Crippen molar-refractivity contribution < 1.29 is 19.4 Å². The van der Waals surface area contributed by atoms with Crippen LogP contribution in [0.3, 0.4) is 0 Å². The lowest BCUT2D eigenvalue weighted by molar-refractivity contribution is -0.392. The van der Waals surface area contributed by atoms with Gasteiger partial charge in [-0.25, -0.2) is 15.0 Å². The topological polar surface area (TPSA) is 155 Å². The van der Waals surface area contributed by atoms with Gasteiger partial charge in [-0.05, 0) is 46.9 Å². The first-order chi connectivity index (χ1) is 15.3. The molecule has 1 amide bonds. The van der Waals surface area contributed by atoms with E-state index in [-0.39, 0.29) is 30.2 Å². The number of benzene rings is 2. The maximum absolute atomic E-state index is 12.0. The van der Waals surface area contributed by atoms with Crippen molar-refractivity contribution in [2.24, 2.45) is 5.10 Å². The van der Waals surface area contributed by atoms with Crippen LogP contribution < -0.4 is 10.2 Å². The molecule has 0 aliphatic carbocycles. The molecule has 0 spiro atoms. The highest BCUT2D eigenvalue weighted by atomic mass is 16.6. The molecule has 12 nitrogen and oxygen atoms in total. The molecule has 12 heteroatoms. The van der Waals surface area contributed by atoms with E-state index >= 15 is 0 Å². The van der Waals surface area contributed by atoms with Crippen LogP contribution in [0.1, 0.15) is 21.7 Å². The number of nitrogens with one attached hydrogen (secondary N) is 1. The van der Waals surface area contributed by atoms with E-state index in [1.807, 2.05) is 0 Å². The summed E-state index contributed by atoms with van der Waals surface area (Å²) < 4.78 is 7.08. The molecule has 0 aliphatic rings. The lowest BCUT2D eigenvalue weighted by Crippen LogP contribution is -2.17. The van der Waals surface area contributed by atoms with Crippen molar-refractivity contribution in [3.05, 3.63) is 91.9 Å². The molecule has 0 bridgehead atoms. The van der Waals surface area contributed by atoms with Crippen LogP contribution in [0.2, 0.25) is 0 Å². The number of amides is 1. The third-order valence-electron chi connectivity index (χ3n) is 4.40. The predicted molar refractivity (Wildman–Crippen MR) is 114 cm³/mol. The number of imidazole rings is 1. The summed E-state index contributed by atoms with van der Waals surface area (Å²) in [5, 5.41) is 25.5. The Labute approximate surface area is 181 Å². The fourth-order valence-electron chi connectivity index (χ4n) is 2.75. The molecule has 32 heavy (non-hydrogen) atoms. The van der Waals surface area contributed by atoms with Crippen LogP contribution in [0.15, 0.2) is 59.8 Å². The number of aryl methyl sites for hydroxylation is 1. The fraction of sp³-hybridized carbons (Fsp3) is 0.150. The maximum Gasteiger partial charge on any atom is 0.342 e. The van der Waals surface area contributed by atoms with E-state index in [9.17, 15) is 25.0 Å². The zero-order valence-corrected chi connectivity index (χ0v) is 16.9. The van der Waals surface area contributed by atoms with Gasteiger partial charge in [-0.15, -0.1) is 0 Å². The van der Waals surface area contributed by atoms with Crippen molar-refractivity contribution in [1.82, 2.24) is 15.0 Å². The molecule has 0 atom stereocenters. The summed E-state index contributed by atoms with van der Waals surface area (Å²) in [6, 6.07) is 12.0. The highest BCUT2D eigenvalue weighted by Gasteiger charge is 2.16. The number of non-ortho nitro benzene ring substituents is 1. The van der Waals surface area contributed by atoms with E-state index in [0.29, 0.717) is 17.1 Å². The molecule has 1 N–H and O–H groups in total. The van der Waals surface area contributed by atoms with Gasteiger partial charge in [-0.3, -0.25) is 14.9 Å². The summed E-state index contributed by atoms with van der Waals surface area (Å²) in [4.78, 5) is 36.6. The summed E-state index contributed by atoms with van der Waals surface area (Å²) in [5.74, 6) is 0.508. The van der Waals surface area contributed by atoms with E-state index in [1.165, 1.54) is 41.2 Å². The van der Waals surface area contributed by atoms with Crippen LogP contribution >= 0.6 is 0 Å². The fourth-order valence-corrected chi connectivity index (χ4v) is 2.75. The molecular weight excluding hydrogens is 420 g/mol. The number of nitro groups is 2. The lowest BCUT2D eigenvalue weighted by atomic mass is 10.2. The highest BCUT2D eigenvalue weighted by molar-refractivity contribution is 5.95. The Morgan fingerprint density at radius 1 is 1.12 bits per heavy atom. The van der Waals surface area contributed by atoms with Crippen LogP contribution in [-0.4, -0.2) is 38.1 Å². The molecule has 0 saturated carbocycles. The number of aromatic nitrogens is 2. The summed E-state index contributed by atoms with van der Waals surface area (Å²) in [6.07, 6.45) is 2.65. The van der Waals surface area contributed by atoms with Gasteiger partial charge in [0.25, 0.3) is 11.6 Å². The molecule has 0 fully saturated rings. The van der Waals surface area contributed by atoms with Gasteiger partial charge >= 0.3 is 5.82 Å². The highest BCUT2D eigenvalue weighted by Crippen LogP contribution is 2.15. The molecule has 164 valence electrons. The van der Waals surface area contributed by atoms with Gasteiger partial charge in [0, 0.05) is 24.6 Å². The second kappa shape index (κ2) is 9.93. The summed E-state index contributed by atoms with van der Waals surface area (Å²) >= 11 is 0. The zero-order valence-electron chi connectivity index (χ0n) is 16.9. The third kappa shape index (κ3) is 5.50. The minimum absolute atomic E-state index is 0.0894. The van der Waals surface area contributed by atoms with Crippen molar-refractivity contribution in [2.75, 3.05) is 6.61 Å². The van der Waals surface area contributed by atoms with Crippen LogP contribution in [0.25, 0.3) is 0 Å². The first kappa shape index (κ1) is 22.1. The zero-order chi connectivity index (χ0) is 23.1. The van der Waals surface area contributed by atoms with E-state index in [2.05, 4.69) is 15.5 Å². The minimum atomic E-state index is -0.546. The monoisotopic (exact) mass is 438 g/mol. The molecule has 3 aromatic rings. The standard InChI is InChI=1S/C20H18N6O6/c1-14-21-13-19(26(30)31)24(14)10-11-32-18-8-2-15(3-9-18)12-22-23-20(27)16-4-6-17(7-5-16)25(28)29/h2-9,12-13H,10-11H2,1H3,(H,23,27)/b22-12+. The second-order valence-corrected chi connectivity index (χ2v) is 6.49. The second-order valence-electron chi connectivity index (χ2n) is 6.49. The summed E-state index contributed by atoms with van der Waals surface area (Å²) in [5.41, 5.74) is 3.18. The van der Waals surface area contributed by atoms with Crippen LogP contribution in [0, 0.1) is 27.2 Å². The predicted octanol–water partition coefficient (Wildman–Crippen LogP) is 2.85. The van der Waals surface area contributed by atoms with Gasteiger partial charge in [0.1, 0.15) is 25.1 Å².